The lowest BCUT2D eigenvalue weighted by Gasteiger charge is -2.14. The van der Waals surface area contributed by atoms with E-state index in [1.165, 1.54) is 4.68 Å². The summed E-state index contributed by atoms with van der Waals surface area (Å²) in [4.78, 5) is 29.8. The van der Waals surface area contributed by atoms with Crippen molar-refractivity contribution >= 4 is 39.0 Å². The van der Waals surface area contributed by atoms with Crippen LogP contribution in [-0.4, -0.2) is 41.7 Å². The standard InChI is InChI=1S/C27H24BrN3O5/c1-3-34-23-15-18(14-21(28)25(23)36-17-24(32)35-4-2)16-29-31-26(19-10-6-5-7-11-19)30-22-13-9-8-12-20(22)27(31)33/h5-16H,3-4,17H2,1-2H3. The molecule has 0 saturated carbocycles. The summed E-state index contributed by atoms with van der Waals surface area (Å²) in [6, 6.07) is 20.1. The maximum Gasteiger partial charge on any atom is 0.344 e. The van der Waals surface area contributed by atoms with Crippen LogP contribution in [0.4, 0.5) is 0 Å². The Bertz CT molecular complexity index is 1470. The number of aromatic nitrogens is 2. The van der Waals surface area contributed by atoms with Crippen molar-refractivity contribution in [1.29, 1.82) is 0 Å². The Morgan fingerprint density at radius 2 is 1.78 bits per heavy atom. The van der Waals surface area contributed by atoms with Gasteiger partial charge in [-0.25, -0.2) is 9.78 Å². The van der Waals surface area contributed by atoms with Gasteiger partial charge in [-0.05, 0) is 59.6 Å². The van der Waals surface area contributed by atoms with Crippen LogP contribution < -0.4 is 15.0 Å². The number of carbonyl (C=O) groups excluding carboxylic acids is 1. The fraction of sp³-hybridized carbons (Fsp3) is 0.185. The molecule has 8 nitrogen and oxygen atoms in total. The summed E-state index contributed by atoms with van der Waals surface area (Å²) in [6.45, 7) is 3.97. The van der Waals surface area contributed by atoms with Crippen molar-refractivity contribution in [2.24, 2.45) is 5.10 Å². The first-order valence-electron chi connectivity index (χ1n) is 11.4. The molecule has 0 N–H and O–H groups in total. The highest BCUT2D eigenvalue weighted by molar-refractivity contribution is 9.10. The smallest absolute Gasteiger partial charge is 0.344 e. The number of hydrogen-bond acceptors (Lipinski definition) is 7. The average molecular weight is 550 g/mol. The van der Waals surface area contributed by atoms with Gasteiger partial charge >= 0.3 is 5.97 Å². The molecule has 3 aromatic carbocycles. The molecular formula is C27H24BrN3O5. The molecule has 4 rings (SSSR count). The van der Waals surface area contributed by atoms with E-state index >= 15 is 0 Å². The van der Waals surface area contributed by atoms with Gasteiger partial charge in [0.15, 0.2) is 23.9 Å². The van der Waals surface area contributed by atoms with Crippen molar-refractivity contribution in [1.82, 2.24) is 9.66 Å². The van der Waals surface area contributed by atoms with E-state index in [1.54, 1.807) is 43.5 Å². The van der Waals surface area contributed by atoms with E-state index in [0.29, 0.717) is 44.9 Å². The van der Waals surface area contributed by atoms with Crippen LogP contribution in [0, 0.1) is 0 Å². The molecule has 0 saturated heterocycles. The maximum atomic E-state index is 13.3. The number of para-hydroxylation sites is 1. The average Bonchev–Trinajstić information content (AvgIpc) is 2.88. The Hall–Kier alpha value is -3.98. The fourth-order valence-corrected chi connectivity index (χ4v) is 4.10. The molecule has 1 heterocycles. The fourth-order valence-electron chi connectivity index (χ4n) is 3.53. The summed E-state index contributed by atoms with van der Waals surface area (Å²) in [5.41, 5.74) is 1.72. The van der Waals surface area contributed by atoms with Crippen LogP contribution in [0.1, 0.15) is 19.4 Å². The third kappa shape index (κ3) is 5.63. The second-order valence-electron chi connectivity index (χ2n) is 7.54. The number of ether oxygens (including phenoxy) is 3. The number of rotatable bonds is 9. The molecule has 0 aliphatic carbocycles. The summed E-state index contributed by atoms with van der Waals surface area (Å²) in [6.07, 6.45) is 1.55. The molecule has 9 heteroatoms. The summed E-state index contributed by atoms with van der Waals surface area (Å²) in [5.74, 6) is 0.740. The number of nitrogens with zero attached hydrogens (tertiary/aromatic N) is 3. The van der Waals surface area contributed by atoms with Gasteiger partial charge in [-0.3, -0.25) is 4.79 Å². The zero-order valence-electron chi connectivity index (χ0n) is 19.8. The van der Waals surface area contributed by atoms with Crippen LogP contribution in [0.3, 0.4) is 0 Å². The van der Waals surface area contributed by atoms with Crippen LogP contribution >= 0.6 is 15.9 Å². The number of hydrogen-bond donors (Lipinski definition) is 0. The molecule has 0 aliphatic heterocycles. The Labute approximate surface area is 216 Å². The van der Waals surface area contributed by atoms with Crippen LogP contribution in [0.25, 0.3) is 22.3 Å². The molecule has 0 fully saturated rings. The number of halogens is 1. The highest BCUT2D eigenvalue weighted by atomic mass is 79.9. The monoisotopic (exact) mass is 549 g/mol. The second-order valence-corrected chi connectivity index (χ2v) is 8.39. The van der Waals surface area contributed by atoms with Gasteiger partial charge in [0, 0.05) is 5.56 Å². The predicted molar refractivity (Wildman–Crippen MR) is 142 cm³/mol. The van der Waals surface area contributed by atoms with Crippen LogP contribution in [-0.2, 0) is 9.53 Å². The van der Waals surface area contributed by atoms with E-state index in [1.807, 2.05) is 43.3 Å². The molecule has 4 aromatic rings. The van der Waals surface area contributed by atoms with Crippen molar-refractivity contribution in [2.45, 2.75) is 13.8 Å². The number of carbonyl (C=O) groups is 1. The molecule has 0 unspecified atom stereocenters. The minimum Gasteiger partial charge on any atom is -0.490 e. The molecule has 36 heavy (non-hydrogen) atoms. The maximum absolute atomic E-state index is 13.3. The summed E-state index contributed by atoms with van der Waals surface area (Å²) in [7, 11) is 0. The highest BCUT2D eigenvalue weighted by Gasteiger charge is 2.15. The van der Waals surface area contributed by atoms with Crippen molar-refractivity contribution in [3.8, 4) is 22.9 Å². The Morgan fingerprint density at radius 3 is 2.53 bits per heavy atom. The van der Waals surface area contributed by atoms with E-state index < -0.39 is 5.97 Å². The normalized spacial score (nSPS) is 11.1. The van der Waals surface area contributed by atoms with Crippen LogP contribution in [0.2, 0.25) is 0 Å². The largest absolute Gasteiger partial charge is 0.490 e. The van der Waals surface area contributed by atoms with Gasteiger partial charge in [0.2, 0.25) is 0 Å². The van der Waals surface area contributed by atoms with Gasteiger partial charge in [-0.2, -0.15) is 9.78 Å². The number of fused-ring (bicyclic) bond motifs is 1. The second kappa shape index (κ2) is 11.6. The van der Waals surface area contributed by atoms with Gasteiger partial charge in [-0.15, -0.1) is 0 Å². The molecule has 184 valence electrons. The summed E-state index contributed by atoms with van der Waals surface area (Å²) >= 11 is 3.48. The summed E-state index contributed by atoms with van der Waals surface area (Å²) in [5, 5.41) is 4.96. The zero-order chi connectivity index (χ0) is 25.5. The molecule has 1 aromatic heterocycles. The lowest BCUT2D eigenvalue weighted by molar-refractivity contribution is -0.145. The van der Waals surface area contributed by atoms with Crippen molar-refractivity contribution < 1.29 is 19.0 Å². The molecule has 0 spiro atoms. The quantitative estimate of drug-likeness (QED) is 0.214. The van der Waals surface area contributed by atoms with E-state index in [2.05, 4.69) is 21.0 Å². The predicted octanol–water partition coefficient (Wildman–Crippen LogP) is 5.05. The van der Waals surface area contributed by atoms with E-state index in [4.69, 9.17) is 19.2 Å². The van der Waals surface area contributed by atoms with Gasteiger partial charge in [0.25, 0.3) is 5.56 Å². The number of esters is 1. The highest BCUT2D eigenvalue weighted by Crippen LogP contribution is 2.36. The van der Waals surface area contributed by atoms with Crippen molar-refractivity contribution in [3.05, 3.63) is 87.1 Å². The zero-order valence-corrected chi connectivity index (χ0v) is 21.4. The molecule has 0 bridgehead atoms. The van der Waals surface area contributed by atoms with Gasteiger partial charge < -0.3 is 14.2 Å². The van der Waals surface area contributed by atoms with E-state index in [9.17, 15) is 9.59 Å². The minimum atomic E-state index is -0.478. The third-order valence-corrected chi connectivity index (χ3v) is 5.67. The van der Waals surface area contributed by atoms with E-state index in [0.717, 1.165) is 5.56 Å². The lowest BCUT2D eigenvalue weighted by atomic mass is 10.2. The summed E-state index contributed by atoms with van der Waals surface area (Å²) < 4.78 is 18.1. The SMILES string of the molecule is CCOC(=O)COc1c(Br)cc(C=Nn2c(-c3ccccc3)nc3ccccc3c2=O)cc1OCC. The van der Waals surface area contributed by atoms with Gasteiger partial charge in [0.1, 0.15) is 0 Å². The Balaban J connectivity index is 1.75. The van der Waals surface area contributed by atoms with Crippen LogP contribution in [0.15, 0.2) is 81.1 Å². The Kier molecular flexibility index (Phi) is 8.12. The third-order valence-electron chi connectivity index (χ3n) is 5.08. The van der Waals surface area contributed by atoms with E-state index in [-0.39, 0.29) is 18.8 Å². The minimum absolute atomic E-state index is 0.251. The molecular weight excluding hydrogens is 526 g/mol. The van der Waals surface area contributed by atoms with Crippen molar-refractivity contribution in [3.63, 3.8) is 0 Å². The molecule has 0 aliphatic rings. The molecule has 0 amide bonds. The first-order chi connectivity index (χ1) is 17.5. The number of benzene rings is 3. The van der Waals surface area contributed by atoms with Crippen LogP contribution in [0.5, 0.6) is 11.5 Å². The van der Waals surface area contributed by atoms with Gasteiger partial charge in [-0.1, -0.05) is 42.5 Å². The first kappa shape index (κ1) is 25.1. The first-order valence-corrected chi connectivity index (χ1v) is 12.2. The lowest BCUT2D eigenvalue weighted by Crippen LogP contribution is -2.20. The Morgan fingerprint density at radius 1 is 1.03 bits per heavy atom. The van der Waals surface area contributed by atoms with Crippen molar-refractivity contribution in [2.75, 3.05) is 19.8 Å². The topological polar surface area (TPSA) is 92.0 Å². The molecule has 0 radical (unpaired) electrons. The molecule has 0 atom stereocenters. The van der Waals surface area contributed by atoms with Gasteiger partial charge in [0.05, 0.1) is 34.8 Å².